The lowest BCUT2D eigenvalue weighted by Gasteiger charge is -2.25. The highest BCUT2D eigenvalue weighted by Crippen LogP contribution is 2.11. The van der Waals surface area contributed by atoms with Crippen LogP contribution < -0.4 is 5.32 Å². The standard InChI is InChI=1S/C12H23NO4/c1-12(2,8-7-11(15)16)13-10(14)6-4-5-9-17-3/h4-9H2,1-3H3,(H,13,14)(H,15,16). The van der Waals surface area contributed by atoms with Gasteiger partial charge in [0.05, 0.1) is 0 Å². The van der Waals surface area contributed by atoms with Crippen LogP contribution >= 0.6 is 0 Å². The molecule has 0 aromatic carbocycles. The average molecular weight is 245 g/mol. The van der Waals surface area contributed by atoms with E-state index in [0.717, 1.165) is 12.8 Å². The fraction of sp³-hybridized carbons (Fsp3) is 0.833. The second-order valence-electron chi connectivity index (χ2n) is 4.78. The van der Waals surface area contributed by atoms with Gasteiger partial charge in [-0.2, -0.15) is 0 Å². The van der Waals surface area contributed by atoms with Crippen molar-refractivity contribution < 1.29 is 19.4 Å². The van der Waals surface area contributed by atoms with E-state index >= 15 is 0 Å². The van der Waals surface area contributed by atoms with Gasteiger partial charge in [0.25, 0.3) is 0 Å². The summed E-state index contributed by atoms with van der Waals surface area (Å²) >= 11 is 0. The Hall–Kier alpha value is -1.10. The number of carboxylic acid groups (broad SMARTS) is 1. The van der Waals surface area contributed by atoms with Gasteiger partial charge in [-0.3, -0.25) is 9.59 Å². The van der Waals surface area contributed by atoms with Crippen LogP contribution in [0, 0.1) is 0 Å². The number of rotatable bonds is 9. The van der Waals surface area contributed by atoms with Gasteiger partial charge in [0.1, 0.15) is 0 Å². The molecular formula is C12H23NO4. The first-order chi connectivity index (χ1) is 7.87. The molecule has 0 fully saturated rings. The van der Waals surface area contributed by atoms with Gasteiger partial charge in [0.2, 0.25) is 5.91 Å². The Morgan fingerprint density at radius 2 is 1.88 bits per heavy atom. The van der Waals surface area contributed by atoms with Gasteiger partial charge < -0.3 is 15.2 Å². The van der Waals surface area contributed by atoms with E-state index in [-0.39, 0.29) is 12.3 Å². The minimum absolute atomic E-state index is 0.0310. The number of hydrogen-bond donors (Lipinski definition) is 2. The SMILES string of the molecule is COCCCCC(=O)NC(C)(C)CCC(=O)O. The molecule has 0 unspecified atom stereocenters. The number of carbonyl (C=O) groups excluding carboxylic acids is 1. The van der Waals surface area contributed by atoms with Gasteiger partial charge in [-0.1, -0.05) is 0 Å². The van der Waals surface area contributed by atoms with E-state index in [1.165, 1.54) is 0 Å². The summed E-state index contributed by atoms with van der Waals surface area (Å²) < 4.78 is 4.89. The van der Waals surface area contributed by atoms with Crippen molar-refractivity contribution in [3.05, 3.63) is 0 Å². The summed E-state index contributed by atoms with van der Waals surface area (Å²) in [5.74, 6) is -0.871. The average Bonchev–Trinajstić information content (AvgIpc) is 2.21. The van der Waals surface area contributed by atoms with E-state index < -0.39 is 11.5 Å². The molecule has 0 atom stereocenters. The van der Waals surface area contributed by atoms with Crippen LogP contribution in [0.25, 0.3) is 0 Å². The lowest BCUT2D eigenvalue weighted by Crippen LogP contribution is -2.43. The summed E-state index contributed by atoms with van der Waals surface area (Å²) in [5, 5.41) is 11.4. The number of ether oxygens (including phenoxy) is 1. The van der Waals surface area contributed by atoms with Crippen molar-refractivity contribution in [1.82, 2.24) is 5.32 Å². The number of methoxy groups -OCH3 is 1. The monoisotopic (exact) mass is 245 g/mol. The van der Waals surface area contributed by atoms with Gasteiger partial charge in [-0.25, -0.2) is 0 Å². The van der Waals surface area contributed by atoms with Crippen molar-refractivity contribution in [3.63, 3.8) is 0 Å². The zero-order chi connectivity index (χ0) is 13.3. The van der Waals surface area contributed by atoms with Crippen LogP contribution in [0.15, 0.2) is 0 Å². The summed E-state index contributed by atoms with van der Waals surface area (Å²) in [5.41, 5.74) is -0.462. The van der Waals surface area contributed by atoms with Crippen molar-refractivity contribution in [3.8, 4) is 0 Å². The molecular weight excluding hydrogens is 222 g/mol. The highest BCUT2D eigenvalue weighted by molar-refractivity contribution is 5.76. The van der Waals surface area contributed by atoms with Gasteiger partial charge >= 0.3 is 5.97 Å². The zero-order valence-electron chi connectivity index (χ0n) is 10.9. The second-order valence-corrected chi connectivity index (χ2v) is 4.78. The van der Waals surface area contributed by atoms with Crippen molar-refractivity contribution >= 4 is 11.9 Å². The third-order valence-corrected chi connectivity index (χ3v) is 2.44. The molecule has 5 heteroatoms. The summed E-state index contributed by atoms with van der Waals surface area (Å²) in [4.78, 5) is 22.0. The lowest BCUT2D eigenvalue weighted by atomic mass is 9.98. The van der Waals surface area contributed by atoms with Gasteiger partial charge in [-0.15, -0.1) is 0 Å². The fourth-order valence-electron chi connectivity index (χ4n) is 1.45. The van der Waals surface area contributed by atoms with Crippen molar-refractivity contribution in [2.24, 2.45) is 0 Å². The largest absolute Gasteiger partial charge is 0.481 e. The molecule has 0 saturated heterocycles. The van der Waals surface area contributed by atoms with E-state index in [0.29, 0.717) is 19.4 Å². The molecule has 0 bridgehead atoms. The minimum Gasteiger partial charge on any atom is -0.481 e. The molecule has 0 spiro atoms. The Morgan fingerprint density at radius 1 is 1.24 bits per heavy atom. The Kier molecular flexibility index (Phi) is 7.54. The van der Waals surface area contributed by atoms with Crippen LogP contribution in [0.1, 0.15) is 46.0 Å². The Balaban J connectivity index is 3.80. The summed E-state index contributed by atoms with van der Waals surface area (Å²) in [6.07, 6.45) is 2.61. The maximum atomic E-state index is 11.6. The maximum absolute atomic E-state index is 11.6. The van der Waals surface area contributed by atoms with E-state index in [1.807, 2.05) is 13.8 Å². The fourth-order valence-corrected chi connectivity index (χ4v) is 1.45. The summed E-state index contributed by atoms with van der Waals surface area (Å²) in [7, 11) is 1.63. The van der Waals surface area contributed by atoms with Crippen LogP contribution in [0.3, 0.4) is 0 Å². The third kappa shape index (κ3) is 9.81. The van der Waals surface area contributed by atoms with Gasteiger partial charge in [0, 0.05) is 32.1 Å². The number of carboxylic acids is 1. The molecule has 0 aliphatic rings. The Bertz CT molecular complexity index is 251. The van der Waals surface area contributed by atoms with Crippen LogP contribution in [0.4, 0.5) is 0 Å². The second kappa shape index (κ2) is 8.06. The number of unbranched alkanes of at least 4 members (excludes halogenated alkanes) is 1. The topological polar surface area (TPSA) is 75.6 Å². The first kappa shape index (κ1) is 15.9. The summed E-state index contributed by atoms with van der Waals surface area (Å²) in [6, 6.07) is 0. The predicted molar refractivity (Wildman–Crippen MR) is 64.8 cm³/mol. The van der Waals surface area contributed by atoms with Crippen molar-refractivity contribution in [2.75, 3.05) is 13.7 Å². The van der Waals surface area contributed by atoms with Crippen LogP contribution in [0.5, 0.6) is 0 Å². The number of amides is 1. The molecule has 0 rings (SSSR count). The molecule has 0 aromatic rings. The van der Waals surface area contributed by atoms with E-state index in [4.69, 9.17) is 9.84 Å². The lowest BCUT2D eigenvalue weighted by molar-refractivity contribution is -0.137. The molecule has 0 aromatic heterocycles. The molecule has 0 radical (unpaired) electrons. The van der Waals surface area contributed by atoms with Crippen molar-refractivity contribution in [2.45, 2.75) is 51.5 Å². The molecule has 17 heavy (non-hydrogen) atoms. The first-order valence-electron chi connectivity index (χ1n) is 5.89. The minimum atomic E-state index is -0.840. The zero-order valence-corrected chi connectivity index (χ0v) is 10.9. The quantitative estimate of drug-likeness (QED) is 0.604. The van der Waals surface area contributed by atoms with Crippen LogP contribution in [0.2, 0.25) is 0 Å². The third-order valence-electron chi connectivity index (χ3n) is 2.44. The molecule has 0 saturated carbocycles. The van der Waals surface area contributed by atoms with E-state index in [2.05, 4.69) is 5.32 Å². The number of nitrogens with one attached hydrogen (secondary N) is 1. The van der Waals surface area contributed by atoms with E-state index in [9.17, 15) is 9.59 Å². The number of aliphatic carboxylic acids is 1. The molecule has 100 valence electrons. The molecule has 0 aliphatic carbocycles. The van der Waals surface area contributed by atoms with Gasteiger partial charge in [0.15, 0.2) is 0 Å². The van der Waals surface area contributed by atoms with Crippen molar-refractivity contribution in [1.29, 1.82) is 0 Å². The molecule has 2 N–H and O–H groups in total. The smallest absolute Gasteiger partial charge is 0.303 e. The van der Waals surface area contributed by atoms with E-state index in [1.54, 1.807) is 7.11 Å². The highest BCUT2D eigenvalue weighted by atomic mass is 16.5. The number of carbonyl (C=O) groups is 2. The highest BCUT2D eigenvalue weighted by Gasteiger charge is 2.20. The van der Waals surface area contributed by atoms with Crippen LogP contribution in [-0.4, -0.2) is 36.2 Å². The number of hydrogen-bond acceptors (Lipinski definition) is 3. The maximum Gasteiger partial charge on any atom is 0.303 e. The molecule has 5 nitrogen and oxygen atoms in total. The van der Waals surface area contributed by atoms with Gasteiger partial charge in [-0.05, 0) is 33.1 Å². The normalized spacial score (nSPS) is 11.2. The van der Waals surface area contributed by atoms with Crippen LogP contribution in [-0.2, 0) is 14.3 Å². The summed E-state index contributed by atoms with van der Waals surface area (Å²) in [6.45, 7) is 4.33. The predicted octanol–water partition coefficient (Wildman–Crippen LogP) is 1.56. The Labute approximate surface area is 103 Å². The first-order valence-corrected chi connectivity index (χ1v) is 5.89. The molecule has 1 amide bonds. The molecule has 0 heterocycles. The molecule has 0 aliphatic heterocycles. The Morgan fingerprint density at radius 3 is 2.41 bits per heavy atom.